The number of carbonyl (C=O) groups is 2. The molecule has 0 bridgehead atoms. The van der Waals surface area contributed by atoms with Gasteiger partial charge in [-0.25, -0.2) is 4.79 Å². The Morgan fingerprint density at radius 3 is 2.60 bits per heavy atom. The molecule has 1 N–H and O–H groups in total. The third-order valence-electron chi connectivity index (χ3n) is 4.27. The molecule has 30 heavy (non-hydrogen) atoms. The molecule has 3 rings (SSSR count). The lowest BCUT2D eigenvalue weighted by Crippen LogP contribution is -2.22. The molecule has 0 saturated heterocycles. The zero-order chi connectivity index (χ0) is 21.8. The molecule has 0 unspecified atom stereocenters. The number of hydrogen-bond donors (Lipinski definition) is 1. The number of nitro benzene ring substituents is 1. The van der Waals surface area contributed by atoms with Gasteiger partial charge >= 0.3 is 5.97 Å². The summed E-state index contributed by atoms with van der Waals surface area (Å²) in [5, 5.41) is 23.0. The predicted octanol–water partition coefficient (Wildman–Crippen LogP) is 3.26. The van der Waals surface area contributed by atoms with E-state index in [1.54, 1.807) is 37.5 Å². The fraction of sp³-hybridized carbons (Fsp3) is 0.150. The van der Waals surface area contributed by atoms with E-state index in [2.05, 4.69) is 5.32 Å². The van der Waals surface area contributed by atoms with E-state index >= 15 is 0 Å². The van der Waals surface area contributed by atoms with Gasteiger partial charge in [0, 0.05) is 18.5 Å². The number of nitriles is 1. The highest BCUT2D eigenvalue weighted by Crippen LogP contribution is 2.28. The molecule has 0 spiro atoms. The Kier molecular flexibility index (Phi) is 5.64. The van der Waals surface area contributed by atoms with Gasteiger partial charge in [0.25, 0.3) is 11.6 Å². The van der Waals surface area contributed by atoms with Gasteiger partial charge < -0.3 is 14.5 Å². The van der Waals surface area contributed by atoms with Crippen molar-refractivity contribution < 1.29 is 23.7 Å². The molecule has 1 amide bonds. The summed E-state index contributed by atoms with van der Waals surface area (Å²) in [7, 11) is 0. The van der Waals surface area contributed by atoms with Crippen molar-refractivity contribution in [2.24, 2.45) is 0 Å². The lowest BCUT2D eigenvalue weighted by molar-refractivity contribution is -0.384. The van der Waals surface area contributed by atoms with E-state index in [1.807, 2.05) is 6.07 Å². The van der Waals surface area contributed by atoms with Gasteiger partial charge in [-0.1, -0.05) is 12.1 Å². The van der Waals surface area contributed by atoms with E-state index in [0.29, 0.717) is 5.56 Å². The highest BCUT2D eigenvalue weighted by atomic mass is 16.6. The van der Waals surface area contributed by atoms with Gasteiger partial charge in [0.15, 0.2) is 6.61 Å². The van der Waals surface area contributed by atoms with Crippen LogP contribution in [0.15, 0.2) is 47.1 Å². The Hall–Kier alpha value is -4.39. The van der Waals surface area contributed by atoms with Crippen LogP contribution in [0.4, 0.5) is 11.4 Å². The molecule has 0 fully saturated rings. The topological polar surface area (TPSA) is 140 Å². The molecule has 0 aliphatic carbocycles. The van der Waals surface area contributed by atoms with E-state index in [4.69, 9.17) is 9.15 Å². The third-order valence-corrected chi connectivity index (χ3v) is 4.27. The molecule has 2 heterocycles. The molecule has 10 nitrogen and oxygen atoms in total. The number of carbonyl (C=O) groups excluding carboxylic acids is 2. The second-order valence-corrected chi connectivity index (χ2v) is 6.27. The first-order chi connectivity index (χ1) is 14.3. The lowest BCUT2D eigenvalue weighted by Gasteiger charge is -2.09. The molecule has 2 aromatic heterocycles. The number of nitrogens with one attached hydrogen (secondary N) is 1. The van der Waals surface area contributed by atoms with Crippen LogP contribution in [-0.2, 0) is 9.53 Å². The first kappa shape index (κ1) is 20.3. The van der Waals surface area contributed by atoms with Crippen LogP contribution in [0.3, 0.4) is 0 Å². The van der Waals surface area contributed by atoms with Crippen molar-refractivity contribution in [3.05, 3.63) is 75.3 Å². The fourth-order valence-electron chi connectivity index (χ4n) is 2.88. The quantitative estimate of drug-likeness (QED) is 0.375. The van der Waals surface area contributed by atoms with Crippen molar-refractivity contribution in [1.29, 1.82) is 5.26 Å². The number of nitro groups is 1. The van der Waals surface area contributed by atoms with Gasteiger partial charge in [0.1, 0.15) is 28.6 Å². The molecular formula is C20H16N4O6. The summed E-state index contributed by atoms with van der Waals surface area (Å²) < 4.78 is 12.1. The first-order valence-corrected chi connectivity index (χ1v) is 8.71. The van der Waals surface area contributed by atoms with Gasteiger partial charge in [-0.2, -0.15) is 5.26 Å². The van der Waals surface area contributed by atoms with Crippen LogP contribution in [0.5, 0.6) is 0 Å². The van der Waals surface area contributed by atoms with Crippen LogP contribution in [-0.4, -0.2) is 28.0 Å². The maximum atomic E-state index is 12.5. The summed E-state index contributed by atoms with van der Waals surface area (Å²) in [5.41, 5.74) is 0.122. The smallest absolute Gasteiger partial charge is 0.343 e. The minimum Gasteiger partial charge on any atom is -0.452 e. The number of hydrogen-bond acceptors (Lipinski definition) is 7. The van der Waals surface area contributed by atoms with Crippen LogP contribution in [0.25, 0.3) is 5.88 Å². The zero-order valence-electron chi connectivity index (χ0n) is 16.0. The van der Waals surface area contributed by atoms with Gasteiger partial charge in [-0.15, -0.1) is 0 Å². The number of nitrogens with zero attached hydrogens (tertiary/aromatic N) is 3. The molecule has 0 atom stereocenters. The van der Waals surface area contributed by atoms with Gasteiger partial charge in [0.2, 0.25) is 5.88 Å². The number of amides is 1. The monoisotopic (exact) mass is 408 g/mol. The van der Waals surface area contributed by atoms with E-state index in [1.165, 1.54) is 23.6 Å². The standard InChI is InChI=1S/C20H16N4O6/c1-12-6-5-7-15(24(27)28)18(12)22-16(25)11-29-20(26)17-13(2)30-19(14(17)10-21)23-8-3-4-9-23/h3-9H,11H2,1-2H3,(H,22,25). The van der Waals surface area contributed by atoms with E-state index < -0.39 is 23.4 Å². The molecule has 3 aromatic rings. The average Bonchev–Trinajstić information content (AvgIpc) is 3.34. The van der Waals surface area contributed by atoms with Crippen molar-refractivity contribution in [2.75, 3.05) is 11.9 Å². The second-order valence-electron chi connectivity index (χ2n) is 6.27. The number of aromatic nitrogens is 1. The minimum atomic E-state index is -0.916. The van der Waals surface area contributed by atoms with E-state index in [-0.39, 0.29) is 34.1 Å². The maximum absolute atomic E-state index is 12.5. The molecule has 1 aromatic carbocycles. The molecule has 0 radical (unpaired) electrons. The van der Waals surface area contributed by atoms with Gasteiger partial charge in [-0.05, 0) is 31.5 Å². The van der Waals surface area contributed by atoms with Crippen LogP contribution < -0.4 is 5.32 Å². The van der Waals surface area contributed by atoms with Crippen LogP contribution in [0.1, 0.15) is 27.2 Å². The largest absolute Gasteiger partial charge is 0.452 e. The molecule has 0 saturated carbocycles. The van der Waals surface area contributed by atoms with Crippen molar-refractivity contribution in [3.63, 3.8) is 0 Å². The Morgan fingerprint density at radius 2 is 1.97 bits per heavy atom. The van der Waals surface area contributed by atoms with Gasteiger partial charge in [-0.3, -0.25) is 19.5 Å². The van der Waals surface area contributed by atoms with Gasteiger partial charge in [0.05, 0.1) is 4.92 Å². The van der Waals surface area contributed by atoms with Crippen molar-refractivity contribution in [3.8, 4) is 12.0 Å². The van der Waals surface area contributed by atoms with Crippen LogP contribution in [0.2, 0.25) is 0 Å². The van der Waals surface area contributed by atoms with Crippen molar-refractivity contribution in [1.82, 2.24) is 4.57 Å². The van der Waals surface area contributed by atoms with Crippen molar-refractivity contribution in [2.45, 2.75) is 13.8 Å². The zero-order valence-corrected chi connectivity index (χ0v) is 16.0. The average molecular weight is 408 g/mol. The Bertz CT molecular complexity index is 1170. The summed E-state index contributed by atoms with van der Waals surface area (Å²) >= 11 is 0. The third kappa shape index (κ3) is 3.90. The highest BCUT2D eigenvalue weighted by Gasteiger charge is 2.26. The number of benzene rings is 1. The highest BCUT2D eigenvalue weighted by molar-refractivity contribution is 5.99. The Morgan fingerprint density at radius 1 is 1.27 bits per heavy atom. The summed E-state index contributed by atoms with van der Waals surface area (Å²) in [4.78, 5) is 35.2. The second kappa shape index (κ2) is 8.32. The normalized spacial score (nSPS) is 10.3. The first-order valence-electron chi connectivity index (χ1n) is 8.71. The summed E-state index contributed by atoms with van der Waals surface area (Å²) in [5.74, 6) is -1.35. The number of anilines is 1. The maximum Gasteiger partial charge on any atom is 0.343 e. The van der Waals surface area contributed by atoms with Crippen molar-refractivity contribution >= 4 is 23.3 Å². The number of rotatable bonds is 6. The Balaban J connectivity index is 1.75. The number of para-hydroxylation sites is 1. The number of esters is 1. The molecule has 10 heteroatoms. The lowest BCUT2D eigenvalue weighted by atomic mass is 10.1. The minimum absolute atomic E-state index is 0.0237. The van der Waals surface area contributed by atoms with E-state index in [9.17, 15) is 25.0 Å². The summed E-state index contributed by atoms with van der Waals surface area (Å²) in [6.07, 6.45) is 3.30. The number of furan rings is 1. The molecule has 0 aliphatic heterocycles. The van der Waals surface area contributed by atoms with E-state index in [0.717, 1.165) is 0 Å². The van der Waals surface area contributed by atoms with Crippen LogP contribution in [0, 0.1) is 35.3 Å². The fourth-order valence-corrected chi connectivity index (χ4v) is 2.88. The summed E-state index contributed by atoms with van der Waals surface area (Å²) in [6, 6.07) is 9.73. The Labute approximate surface area is 170 Å². The molecule has 152 valence electrons. The number of aryl methyl sites for hydroxylation is 2. The van der Waals surface area contributed by atoms with Crippen LogP contribution >= 0.6 is 0 Å². The predicted molar refractivity (Wildman–Crippen MR) is 104 cm³/mol. The molecular weight excluding hydrogens is 392 g/mol. The molecule has 0 aliphatic rings. The SMILES string of the molecule is Cc1cccc([N+](=O)[O-])c1NC(=O)COC(=O)c1c(C)oc(-n2cccc2)c1C#N. The number of ether oxygens (including phenoxy) is 1. The summed E-state index contributed by atoms with van der Waals surface area (Å²) in [6.45, 7) is 2.41.